The fourth-order valence-electron chi connectivity index (χ4n) is 2.61. The van der Waals surface area contributed by atoms with E-state index in [1.54, 1.807) is 24.5 Å². The second kappa shape index (κ2) is 7.08. The fourth-order valence-corrected chi connectivity index (χ4v) is 2.61. The molecule has 3 aromatic rings. The van der Waals surface area contributed by atoms with Crippen molar-refractivity contribution in [3.63, 3.8) is 0 Å². The second-order valence-electron chi connectivity index (χ2n) is 5.79. The first kappa shape index (κ1) is 15.9. The van der Waals surface area contributed by atoms with Gasteiger partial charge in [0.15, 0.2) is 0 Å². The third kappa shape index (κ3) is 3.87. The number of nitrogens with one attached hydrogen (secondary N) is 1. The first-order valence-electron chi connectivity index (χ1n) is 7.94. The molecule has 1 aromatic carbocycles. The predicted octanol–water partition coefficient (Wildman–Crippen LogP) is 3.46. The Kier molecular flexibility index (Phi) is 4.70. The van der Waals surface area contributed by atoms with E-state index in [9.17, 15) is 4.79 Å². The molecule has 2 heterocycles. The molecule has 5 nitrogen and oxygen atoms in total. The zero-order chi connectivity index (χ0) is 16.9. The summed E-state index contributed by atoms with van der Waals surface area (Å²) >= 11 is 0. The maximum Gasteiger partial charge on any atom is 0.224 e. The molecule has 2 aromatic heterocycles. The van der Waals surface area contributed by atoms with Gasteiger partial charge in [-0.1, -0.05) is 12.1 Å². The van der Waals surface area contributed by atoms with Gasteiger partial charge in [-0.05, 0) is 56.2 Å². The van der Waals surface area contributed by atoms with Crippen molar-refractivity contribution in [1.29, 1.82) is 0 Å². The average molecular weight is 320 g/mol. The van der Waals surface area contributed by atoms with E-state index in [2.05, 4.69) is 21.5 Å². The molecular formula is C19H20N4O. The van der Waals surface area contributed by atoms with Gasteiger partial charge < -0.3 is 5.32 Å². The SMILES string of the molecule is Cc1cc(C)n(-c2ccc(CCC(=O)Nc3ccncc3)cc2)n1. The predicted molar refractivity (Wildman–Crippen MR) is 94.2 cm³/mol. The van der Waals surface area contributed by atoms with Gasteiger partial charge in [0.25, 0.3) is 0 Å². The molecule has 1 N–H and O–H groups in total. The summed E-state index contributed by atoms with van der Waals surface area (Å²) in [5.74, 6) is 0.00354. The Balaban J connectivity index is 1.58. The first-order chi connectivity index (χ1) is 11.6. The number of aromatic nitrogens is 3. The Hall–Kier alpha value is -2.95. The molecule has 0 atom stereocenters. The van der Waals surface area contributed by atoms with Crippen LogP contribution < -0.4 is 5.32 Å². The van der Waals surface area contributed by atoms with E-state index in [0.717, 1.165) is 28.3 Å². The number of nitrogens with zero attached hydrogens (tertiary/aromatic N) is 3. The Labute approximate surface area is 141 Å². The van der Waals surface area contributed by atoms with E-state index in [1.807, 2.05) is 42.8 Å². The molecular weight excluding hydrogens is 300 g/mol. The van der Waals surface area contributed by atoms with Crippen LogP contribution in [0.3, 0.4) is 0 Å². The summed E-state index contributed by atoms with van der Waals surface area (Å²) in [6.45, 7) is 4.02. The molecule has 0 aliphatic carbocycles. The van der Waals surface area contributed by atoms with Crippen LogP contribution in [0, 0.1) is 13.8 Å². The number of carbonyl (C=O) groups is 1. The van der Waals surface area contributed by atoms with E-state index in [-0.39, 0.29) is 5.91 Å². The summed E-state index contributed by atoms with van der Waals surface area (Å²) in [6.07, 6.45) is 4.47. The maximum absolute atomic E-state index is 12.0. The first-order valence-corrected chi connectivity index (χ1v) is 7.94. The highest BCUT2D eigenvalue weighted by atomic mass is 16.1. The molecule has 24 heavy (non-hydrogen) atoms. The molecule has 0 fully saturated rings. The lowest BCUT2D eigenvalue weighted by molar-refractivity contribution is -0.116. The minimum absolute atomic E-state index is 0.00354. The molecule has 0 aliphatic heterocycles. The summed E-state index contributed by atoms with van der Waals surface area (Å²) in [5, 5.41) is 7.35. The maximum atomic E-state index is 12.0. The normalized spacial score (nSPS) is 10.6. The van der Waals surface area contributed by atoms with E-state index < -0.39 is 0 Å². The van der Waals surface area contributed by atoms with Crippen LogP contribution in [0.25, 0.3) is 5.69 Å². The number of aryl methyl sites for hydroxylation is 3. The molecule has 0 saturated heterocycles. The van der Waals surface area contributed by atoms with Crippen LogP contribution >= 0.6 is 0 Å². The van der Waals surface area contributed by atoms with Crippen LogP contribution in [-0.4, -0.2) is 20.7 Å². The number of anilines is 1. The van der Waals surface area contributed by atoms with Crippen molar-refractivity contribution in [3.8, 4) is 5.69 Å². The lowest BCUT2D eigenvalue weighted by atomic mass is 10.1. The van der Waals surface area contributed by atoms with Crippen LogP contribution in [0.4, 0.5) is 5.69 Å². The van der Waals surface area contributed by atoms with Crippen LogP contribution in [-0.2, 0) is 11.2 Å². The average Bonchev–Trinajstić information content (AvgIpc) is 2.93. The summed E-state index contributed by atoms with van der Waals surface area (Å²) < 4.78 is 1.93. The number of amides is 1. The van der Waals surface area contributed by atoms with Gasteiger partial charge in [-0.2, -0.15) is 5.10 Å². The molecule has 122 valence electrons. The van der Waals surface area contributed by atoms with E-state index in [1.165, 1.54) is 0 Å². The van der Waals surface area contributed by atoms with Crippen LogP contribution in [0.5, 0.6) is 0 Å². The van der Waals surface area contributed by atoms with Crippen LogP contribution in [0.2, 0.25) is 0 Å². The summed E-state index contributed by atoms with van der Waals surface area (Å²) in [4.78, 5) is 15.9. The summed E-state index contributed by atoms with van der Waals surface area (Å²) in [5.41, 5.74) is 5.05. The van der Waals surface area contributed by atoms with E-state index in [4.69, 9.17) is 0 Å². The molecule has 3 rings (SSSR count). The van der Waals surface area contributed by atoms with Gasteiger partial charge in [0.05, 0.1) is 11.4 Å². The van der Waals surface area contributed by atoms with Gasteiger partial charge >= 0.3 is 0 Å². The van der Waals surface area contributed by atoms with Gasteiger partial charge in [-0.25, -0.2) is 4.68 Å². The van der Waals surface area contributed by atoms with Gasteiger partial charge in [-0.15, -0.1) is 0 Å². The summed E-state index contributed by atoms with van der Waals surface area (Å²) in [6, 6.07) is 13.8. The highest BCUT2D eigenvalue weighted by Crippen LogP contribution is 2.14. The van der Waals surface area contributed by atoms with Crippen molar-refractivity contribution in [1.82, 2.24) is 14.8 Å². The number of benzene rings is 1. The Morgan fingerprint density at radius 1 is 1.08 bits per heavy atom. The molecule has 1 amide bonds. The lowest BCUT2D eigenvalue weighted by Crippen LogP contribution is -2.12. The zero-order valence-electron chi connectivity index (χ0n) is 13.9. The summed E-state index contributed by atoms with van der Waals surface area (Å²) in [7, 11) is 0. The monoisotopic (exact) mass is 320 g/mol. The highest BCUT2D eigenvalue weighted by molar-refractivity contribution is 5.90. The van der Waals surface area contributed by atoms with Crippen molar-refractivity contribution in [3.05, 3.63) is 71.8 Å². The van der Waals surface area contributed by atoms with Gasteiger partial charge in [-0.3, -0.25) is 9.78 Å². The van der Waals surface area contributed by atoms with E-state index in [0.29, 0.717) is 12.8 Å². The number of hydrogen-bond acceptors (Lipinski definition) is 3. The Bertz CT molecular complexity index is 822. The number of hydrogen-bond donors (Lipinski definition) is 1. The largest absolute Gasteiger partial charge is 0.326 e. The van der Waals surface area contributed by atoms with Crippen LogP contribution in [0.1, 0.15) is 23.4 Å². The quantitative estimate of drug-likeness (QED) is 0.783. The Morgan fingerprint density at radius 2 is 1.79 bits per heavy atom. The molecule has 0 radical (unpaired) electrons. The third-order valence-electron chi connectivity index (χ3n) is 3.80. The molecule has 0 aliphatic rings. The van der Waals surface area contributed by atoms with Crippen molar-refractivity contribution < 1.29 is 4.79 Å². The van der Waals surface area contributed by atoms with Gasteiger partial charge in [0.1, 0.15) is 0 Å². The second-order valence-corrected chi connectivity index (χ2v) is 5.79. The van der Waals surface area contributed by atoms with Crippen molar-refractivity contribution >= 4 is 11.6 Å². The van der Waals surface area contributed by atoms with Crippen LogP contribution in [0.15, 0.2) is 54.9 Å². The fraction of sp³-hybridized carbons (Fsp3) is 0.211. The van der Waals surface area contributed by atoms with E-state index >= 15 is 0 Å². The topological polar surface area (TPSA) is 59.8 Å². The zero-order valence-corrected chi connectivity index (χ0v) is 13.9. The smallest absolute Gasteiger partial charge is 0.224 e. The molecule has 5 heteroatoms. The van der Waals surface area contributed by atoms with Gasteiger partial charge in [0.2, 0.25) is 5.91 Å². The number of carbonyl (C=O) groups excluding carboxylic acids is 1. The Morgan fingerprint density at radius 3 is 2.42 bits per heavy atom. The molecule has 0 saturated carbocycles. The molecule has 0 spiro atoms. The van der Waals surface area contributed by atoms with Crippen molar-refractivity contribution in [2.75, 3.05) is 5.32 Å². The highest BCUT2D eigenvalue weighted by Gasteiger charge is 2.06. The molecule has 0 bridgehead atoms. The standard InChI is InChI=1S/C19H20N4O/c1-14-13-15(2)23(22-14)18-6-3-16(4-7-18)5-8-19(24)21-17-9-11-20-12-10-17/h3-4,6-7,9-13H,5,8H2,1-2H3,(H,20,21,24). The molecule has 0 unspecified atom stereocenters. The number of pyridine rings is 1. The number of rotatable bonds is 5. The van der Waals surface area contributed by atoms with Crippen molar-refractivity contribution in [2.24, 2.45) is 0 Å². The minimum Gasteiger partial charge on any atom is -0.326 e. The third-order valence-corrected chi connectivity index (χ3v) is 3.80. The van der Waals surface area contributed by atoms with Crippen molar-refractivity contribution in [2.45, 2.75) is 26.7 Å². The minimum atomic E-state index is 0.00354. The van der Waals surface area contributed by atoms with Gasteiger partial charge in [0, 0.05) is 30.2 Å². The lowest BCUT2D eigenvalue weighted by Gasteiger charge is -2.07.